The molecule has 0 saturated carbocycles. The second-order valence-electron chi connectivity index (χ2n) is 3.44. The van der Waals surface area contributed by atoms with Crippen LogP contribution in [0.2, 0.25) is 0 Å². The van der Waals surface area contributed by atoms with Crippen LogP contribution < -0.4 is 0 Å². The molecule has 0 aromatic heterocycles. The van der Waals surface area contributed by atoms with Crippen LogP contribution >= 0.6 is 11.6 Å². The number of hydrogen-bond donors (Lipinski definition) is 0. The molecule has 1 rings (SSSR count). The lowest BCUT2D eigenvalue weighted by molar-refractivity contribution is -0.384. The number of hydrogen-bond acceptors (Lipinski definition) is 4. The van der Waals surface area contributed by atoms with E-state index < -0.39 is 10.9 Å². The molecule has 0 fully saturated rings. The van der Waals surface area contributed by atoms with Gasteiger partial charge < -0.3 is 4.74 Å². The van der Waals surface area contributed by atoms with E-state index in [0.29, 0.717) is 17.9 Å². The third-order valence-corrected chi connectivity index (χ3v) is 2.38. The summed E-state index contributed by atoms with van der Waals surface area (Å²) in [5, 5.41) is 10.8. The lowest BCUT2D eigenvalue weighted by Gasteiger charge is -2.01. The Kier molecular flexibility index (Phi) is 5.32. The molecule has 1 aromatic rings. The number of nitro groups is 1. The van der Waals surface area contributed by atoms with E-state index in [4.69, 9.17) is 11.6 Å². The van der Waals surface area contributed by atoms with Gasteiger partial charge in [0.1, 0.15) is 0 Å². The van der Waals surface area contributed by atoms with Crippen molar-refractivity contribution in [2.75, 3.05) is 13.0 Å². The first-order valence-corrected chi connectivity index (χ1v) is 5.72. The summed E-state index contributed by atoms with van der Waals surface area (Å²) in [4.78, 5) is 21.6. The highest BCUT2D eigenvalue weighted by molar-refractivity contribution is 6.17. The average molecular weight is 270 g/mol. The molecule has 0 heterocycles. The highest BCUT2D eigenvalue weighted by Crippen LogP contribution is 2.19. The van der Waals surface area contributed by atoms with Crippen LogP contribution in [-0.2, 0) is 4.74 Å². The van der Waals surface area contributed by atoms with Crippen molar-refractivity contribution in [3.63, 3.8) is 0 Å². The molecule has 0 N–H and O–H groups in total. The number of rotatable bonds is 5. The summed E-state index contributed by atoms with van der Waals surface area (Å²) >= 11 is 5.52. The summed E-state index contributed by atoms with van der Waals surface area (Å²) in [5.74, 6) is -0.138. The number of methoxy groups -OCH3 is 1. The second kappa shape index (κ2) is 6.76. The Morgan fingerprint density at radius 3 is 2.78 bits per heavy atom. The molecular formula is C12H12ClNO4. The molecule has 0 unspecified atom stereocenters. The number of halogens is 1. The maximum Gasteiger partial charge on any atom is 0.338 e. The average Bonchev–Trinajstić information content (AvgIpc) is 2.37. The van der Waals surface area contributed by atoms with E-state index in [-0.39, 0.29) is 11.3 Å². The Labute approximate surface area is 109 Å². The number of benzene rings is 1. The summed E-state index contributed by atoms with van der Waals surface area (Å²) < 4.78 is 4.54. The number of ether oxygens (including phenoxy) is 1. The van der Waals surface area contributed by atoms with Crippen molar-refractivity contribution in [2.45, 2.75) is 6.42 Å². The van der Waals surface area contributed by atoms with Gasteiger partial charge in [-0.3, -0.25) is 10.1 Å². The first-order valence-electron chi connectivity index (χ1n) is 5.18. The molecule has 5 nitrogen and oxygen atoms in total. The summed E-state index contributed by atoms with van der Waals surface area (Å²) in [5.41, 5.74) is 0.565. The molecule has 1 aromatic carbocycles. The third kappa shape index (κ3) is 3.85. The fourth-order valence-corrected chi connectivity index (χ4v) is 1.48. The van der Waals surface area contributed by atoms with Crippen LogP contribution in [0.4, 0.5) is 5.69 Å². The van der Waals surface area contributed by atoms with Gasteiger partial charge in [-0.1, -0.05) is 12.2 Å². The number of nitrogens with zero attached hydrogens (tertiary/aromatic N) is 1. The van der Waals surface area contributed by atoms with Gasteiger partial charge in [0.05, 0.1) is 17.6 Å². The Morgan fingerprint density at radius 2 is 2.22 bits per heavy atom. The number of alkyl halides is 1. The van der Waals surface area contributed by atoms with Crippen molar-refractivity contribution in [2.24, 2.45) is 0 Å². The van der Waals surface area contributed by atoms with Crippen LogP contribution in [0.1, 0.15) is 22.3 Å². The highest BCUT2D eigenvalue weighted by Gasteiger charge is 2.13. The number of non-ortho nitro benzene ring substituents is 1. The lowest BCUT2D eigenvalue weighted by atomic mass is 10.1. The molecule has 0 aliphatic heterocycles. The van der Waals surface area contributed by atoms with Gasteiger partial charge in [0.15, 0.2) is 0 Å². The fourth-order valence-electron chi connectivity index (χ4n) is 1.35. The van der Waals surface area contributed by atoms with Gasteiger partial charge in [0, 0.05) is 18.0 Å². The van der Waals surface area contributed by atoms with Crippen molar-refractivity contribution in [1.82, 2.24) is 0 Å². The molecule has 6 heteroatoms. The zero-order valence-electron chi connectivity index (χ0n) is 9.76. The molecular weight excluding hydrogens is 258 g/mol. The Hall–Kier alpha value is -1.88. The maximum absolute atomic E-state index is 11.4. The quantitative estimate of drug-likeness (QED) is 0.357. The molecule has 0 radical (unpaired) electrons. The molecule has 0 saturated heterocycles. The van der Waals surface area contributed by atoms with E-state index in [1.165, 1.54) is 25.3 Å². The van der Waals surface area contributed by atoms with Gasteiger partial charge in [-0.25, -0.2) is 4.79 Å². The minimum absolute atomic E-state index is 0.150. The minimum Gasteiger partial charge on any atom is -0.465 e. The summed E-state index contributed by atoms with van der Waals surface area (Å²) in [6, 6.07) is 4.10. The largest absolute Gasteiger partial charge is 0.465 e. The summed E-state index contributed by atoms with van der Waals surface area (Å²) in [7, 11) is 1.23. The zero-order valence-corrected chi connectivity index (χ0v) is 10.5. The van der Waals surface area contributed by atoms with Gasteiger partial charge in [-0.15, -0.1) is 11.6 Å². The van der Waals surface area contributed by atoms with Crippen molar-refractivity contribution in [3.8, 4) is 0 Å². The summed E-state index contributed by atoms with van der Waals surface area (Å²) in [6.07, 6.45) is 4.12. The predicted molar refractivity (Wildman–Crippen MR) is 68.8 cm³/mol. The van der Waals surface area contributed by atoms with Crippen molar-refractivity contribution >= 4 is 29.3 Å². The van der Waals surface area contributed by atoms with Gasteiger partial charge >= 0.3 is 5.97 Å². The number of carbonyl (C=O) groups is 1. The minimum atomic E-state index is -0.606. The fraction of sp³-hybridized carbons (Fsp3) is 0.250. The molecule has 0 aliphatic carbocycles. The van der Waals surface area contributed by atoms with E-state index in [2.05, 4.69) is 4.74 Å². The Bertz CT molecular complexity index is 485. The second-order valence-corrected chi connectivity index (χ2v) is 3.82. The van der Waals surface area contributed by atoms with Gasteiger partial charge in [-0.2, -0.15) is 0 Å². The molecule has 0 spiro atoms. The number of esters is 1. The Balaban J connectivity index is 3.13. The zero-order chi connectivity index (χ0) is 13.5. The van der Waals surface area contributed by atoms with Crippen molar-refractivity contribution in [3.05, 3.63) is 45.5 Å². The third-order valence-electron chi connectivity index (χ3n) is 2.16. The van der Waals surface area contributed by atoms with Crippen LogP contribution in [0.5, 0.6) is 0 Å². The van der Waals surface area contributed by atoms with Crippen molar-refractivity contribution in [1.29, 1.82) is 0 Å². The van der Waals surface area contributed by atoms with Crippen LogP contribution in [0.25, 0.3) is 6.08 Å². The monoisotopic (exact) mass is 269 g/mol. The highest BCUT2D eigenvalue weighted by atomic mass is 35.5. The van der Waals surface area contributed by atoms with E-state index in [9.17, 15) is 14.9 Å². The maximum atomic E-state index is 11.4. The molecule has 18 heavy (non-hydrogen) atoms. The van der Waals surface area contributed by atoms with Gasteiger partial charge in [0.25, 0.3) is 5.69 Å². The number of nitro benzene ring substituents is 1. The molecule has 96 valence electrons. The standard InChI is InChI=1S/C12H12ClNO4/c1-18-12(15)10-6-9(4-2-3-5-13)7-11(8-10)14(16)17/h2,4,6-8H,3,5H2,1H3. The molecule has 0 aliphatic rings. The molecule has 0 atom stereocenters. The van der Waals surface area contributed by atoms with Crippen LogP contribution in [0.3, 0.4) is 0 Å². The first-order chi connectivity index (χ1) is 8.58. The van der Waals surface area contributed by atoms with Crippen molar-refractivity contribution < 1.29 is 14.5 Å². The number of carbonyl (C=O) groups excluding carboxylic acids is 1. The topological polar surface area (TPSA) is 69.4 Å². The molecule has 0 amide bonds. The Morgan fingerprint density at radius 1 is 1.50 bits per heavy atom. The number of allylic oxidation sites excluding steroid dienone is 1. The first kappa shape index (κ1) is 14.2. The lowest BCUT2D eigenvalue weighted by Crippen LogP contribution is -2.02. The smallest absolute Gasteiger partial charge is 0.338 e. The van der Waals surface area contributed by atoms with E-state index >= 15 is 0 Å². The van der Waals surface area contributed by atoms with Crippen LogP contribution in [-0.4, -0.2) is 23.9 Å². The van der Waals surface area contributed by atoms with E-state index in [1.807, 2.05) is 0 Å². The van der Waals surface area contributed by atoms with E-state index in [1.54, 1.807) is 12.2 Å². The molecule has 0 bridgehead atoms. The normalized spacial score (nSPS) is 10.6. The SMILES string of the molecule is COC(=O)c1cc(C=CCCCl)cc([N+](=O)[O-])c1. The van der Waals surface area contributed by atoms with Crippen LogP contribution in [0.15, 0.2) is 24.3 Å². The predicted octanol–water partition coefficient (Wildman–Crippen LogP) is 3.02. The van der Waals surface area contributed by atoms with Crippen LogP contribution in [0, 0.1) is 10.1 Å². The van der Waals surface area contributed by atoms with Gasteiger partial charge in [-0.05, 0) is 18.1 Å². The van der Waals surface area contributed by atoms with Gasteiger partial charge in [0.2, 0.25) is 0 Å². The summed E-state index contributed by atoms with van der Waals surface area (Å²) in [6.45, 7) is 0. The van der Waals surface area contributed by atoms with E-state index in [0.717, 1.165) is 0 Å².